The molecule has 2 unspecified atom stereocenters. The summed E-state index contributed by atoms with van der Waals surface area (Å²) in [5.41, 5.74) is 2.52. The molecule has 1 aromatic rings. The number of likely N-dealkylation sites (N-methyl/N-ethyl adjacent to an activating group) is 1. The van der Waals surface area contributed by atoms with Crippen molar-refractivity contribution in [2.75, 3.05) is 32.1 Å². The normalized spacial score (nSPS) is 20.7. The summed E-state index contributed by atoms with van der Waals surface area (Å²) in [6.45, 7) is 4.04. The van der Waals surface area contributed by atoms with Gasteiger partial charge in [-0.3, -0.25) is 0 Å². The zero-order valence-electron chi connectivity index (χ0n) is 12.7. The number of ether oxygens (including phenoxy) is 1. The van der Waals surface area contributed by atoms with Gasteiger partial charge in [0.05, 0.1) is 11.8 Å². The Morgan fingerprint density at radius 1 is 1.45 bits per heavy atom. The van der Waals surface area contributed by atoms with Crippen LogP contribution in [0.25, 0.3) is 0 Å². The van der Waals surface area contributed by atoms with Crippen LogP contribution in [0.2, 0.25) is 0 Å². The van der Waals surface area contributed by atoms with Gasteiger partial charge in [0.1, 0.15) is 0 Å². The van der Waals surface area contributed by atoms with Crippen LogP contribution >= 0.6 is 15.9 Å². The van der Waals surface area contributed by atoms with Gasteiger partial charge in [-0.05, 0) is 66.9 Å². The van der Waals surface area contributed by atoms with Crippen LogP contribution in [-0.4, -0.2) is 33.4 Å². The number of benzene rings is 1. The molecule has 1 fully saturated rings. The van der Waals surface area contributed by atoms with Crippen LogP contribution < -0.4 is 10.2 Å². The number of halogens is 1. The van der Waals surface area contributed by atoms with Crippen molar-refractivity contribution in [3.05, 3.63) is 28.2 Å². The zero-order chi connectivity index (χ0) is 14.5. The second-order valence-electron chi connectivity index (χ2n) is 5.59. The fourth-order valence-electron chi connectivity index (χ4n) is 2.62. The summed E-state index contributed by atoms with van der Waals surface area (Å²) in [5.74, 6) is 0. The first-order chi connectivity index (χ1) is 9.61. The molecule has 0 bridgehead atoms. The van der Waals surface area contributed by atoms with Crippen LogP contribution in [0.15, 0.2) is 22.7 Å². The van der Waals surface area contributed by atoms with Gasteiger partial charge >= 0.3 is 0 Å². The van der Waals surface area contributed by atoms with E-state index in [2.05, 4.69) is 58.3 Å². The Morgan fingerprint density at radius 2 is 2.25 bits per heavy atom. The van der Waals surface area contributed by atoms with Gasteiger partial charge in [-0.2, -0.15) is 0 Å². The average molecular weight is 341 g/mol. The van der Waals surface area contributed by atoms with Crippen LogP contribution in [0.4, 0.5) is 5.69 Å². The van der Waals surface area contributed by atoms with E-state index in [-0.39, 0.29) is 0 Å². The molecule has 0 aromatic heterocycles. The average Bonchev–Trinajstić information content (AvgIpc) is 2.47. The second kappa shape index (κ2) is 7.43. The maximum atomic E-state index is 5.82. The van der Waals surface area contributed by atoms with Gasteiger partial charge in [-0.25, -0.2) is 0 Å². The van der Waals surface area contributed by atoms with Crippen molar-refractivity contribution < 1.29 is 4.74 Å². The zero-order valence-corrected chi connectivity index (χ0v) is 14.2. The summed E-state index contributed by atoms with van der Waals surface area (Å²) in [6, 6.07) is 6.96. The van der Waals surface area contributed by atoms with Crippen LogP contribution in [0.5, 0.6) is 0 Å². The Labute approximate surface area is 130 Å². The molecule has 2 rings (SSSR count). The number of rotatable bonds is 5. The summed E-state index contributed by atoms with van der Waals surface area (Å²) in [4.78, 5) is 2.29. The minimum atomic E-state index is 0.368. The molecule has 1 heterocycles. The van der Waals surface area contributed by atoms with Gasteiger partial charge in [0.25, 0.3) is 0 Å². The van der Waals surface area contributed by atoms with Crippen molar-refractivity contribution in [2.45, 2.75) is 38.3 Å². The van der Waals surface area contributed by atoms with Gasteiger partial charge in [0, 0.05) is 30.7 Å². The second-order valence-corrected chi connectivity index (χ2v) is 6.44. The van der Waals surface area contributed by atoms with E-state index in [1.165, 1.54) is 30.5 Å². The van der Waals surface area contributed by atoms with Gasteiger partial charge in [0.2, 0.25) is 0 Å². The van der Waals surface area contributed by atoms with Crippen molar-refractivity contribution in [1.82, 2.24) is 5.32 Å². The standard InChI is InChI=1S/C16H25BrN2O/c1-12(18-2)13-7-8-16(15(17)10-13)19(3)11-14-6-4-5-9-20-14/h7-8,10,12,14,18H,4-6,9,11H2,1-3H3. The van der Waals surface area contributed by atoms with Crippen LogP contribution in [0.1, 0.15) is 37.8 Å². The van der Waals surface area contributed by atoms with E-state index >= 15 is 0 Å². The maximum Gasteiger partial charge on any atom is 0.0749 e. The lowest BCUT2D eigenvalue weighted by Crippen LogP contribution is -2.33. The minimum absolute atomic E-state index is 0.368. The van der Waals surface area contributed by atoms with Gasteiger partial charge in [-0.15, -0.1) is 0 Å². The summed E-state index contributed by atoms with van der Waals surface area (Å²) in [6.07, 6.45) is 4.05. The van der Waals surface area contributed by atoms with Crippen molar-refractivity contribution in [3.63, 3.8) is 0 Å². The molecule has 3 nitrogen and oxygen atoms in total. The highest BCUT2D eigenvalue weighted by molar-refractivity contribution is 9.10. The Morgan fingerprint density at radius 3 is 2.85 bits per heavy atom. The van der Waals surface area contributed by atoms with Crippen LogP contribution in [0.3, 0.4) is 0 Å². The van der Waals surface area contributed by atoms with Gasteiger partial charge in [-0.1, -0.05) is 6.07 Å². The third-order valence-corrected chi connectivity index (χ3v) is 4.70. The number of hydrogen-bond donors (Lipinski definition) is 1. The SMILES string of the molecule is CNC(C)c1ccc(N(C)CC2CCCCO2)c(Br)c1. The van der Waals surface area contributed by atoms with Crippen molar-refractivity contribution in [2.24, 2.45) is 0 Å². The highest BCUT2D eigenvalue weighted by Gasteiger charge is 2.17. The molecular formula is C16H25BrN2O. The van der Waals surface area contributed by atoms with Gasteiger partial charge < -0.3 is 15.0 Å². The van der Waals surface area contributed by atoms with Crippen molar-refractivity contribution >= 4 is 21.6 Å². The molecule has 112 valence electrons. The summed E-state index contributed by atoms with van der Waals surface area (Å²) >= 11 is 3.70. The third kappa shape index (κ3) is 3.96. The van der Waals surface area contributed by atoms with Crippen LogP contribution in [-0.2, 0) is 4.74 Å². The number of anilines is 1. The molecule has 4 heteroatoms. The number of nitrogens with one attached hydrogen (secondary N) is 1. The Balaban J connectivity index is 2.03. The van der Waals surface area contributed by atoms with E-state index in [1.807, 2.05) is 7.05 Å². The largest absolute Gasteiger partial charge is 0.376 e. The molecule has 2 atom stereocenters. The molecule has 0 spiro atoms. The number of hydrogen-bond acceptors (Lipinski definition) is 3. The van der Waals surface area contributed by atoms with E-state index in [1.54, 1.807) is 0 Å². The molecule has 1 aromatic carbocycles. The molecule has 0 aliphatic carbocycles. The highest BCUT2D eigenvalue weighted by Crippen LogP contribution is 2.29. The smallest absolute Gasteiger partial charge is 0.0749 e. The fraction of sp³-hybridized carbons (Fsp3) is 0.625. The fourth-order valence-corrected chi connectivity index (χ4v) is 3.32. The monoisotopic (exact) mass is 340 g/mol. The summed E-state index contributed by atoms with van der Waals surface area (Å²) in [5, 5.41) is 3.27. The van der Waals surface area contributed by atoms with Crippen molar-refractivity contribution in [1.29, 1.82) is 0 Å². The van der Waals surface area contributed by atoms with E-state index in [9.17, 15) is 0 Å². The first-order valence-corrected chi connectivity index (χ1v) is 8.20. The van der Waals surface area contributed by atoms with E-state index in [0.29, 0.717) is 12.1 Å². The first kappa shape index (κ1) is 15.8. The molecule has 1 N–H and O–H groups in total. The Hall–Kier alpha value is -0.580. The topological polar surface area (TPSA) is 24.5 Å². The highest BCUT2D eigenvalue weighted by atomic mass is 79.9. The molecule has 1 aliphatic heterocycles. The van der Waals surface area contributed by atoms with E-state index in [0.717, 1.165) is 17.6 Å². The predicted molar refractivity (Wildman–Crippen MR) is 88.5 cm³/mol. The van der Waals surface area contributed by atoms with Crippen molar-refractivity contribution in [3.8, 4) is 0 Å². The van der Waals surface area contributed by atoms with Gasteiger partial charge in [0.15, 0.2) is 0 Å². The van der Waals surface area contributed by atoms with Crippen LogP contribution in [0, 0.1) is 0 Å². The molecular weight excluding hydrogens is 316 g/mol. The quantitative estimate of drug-likeness (QED) is 0.883. The predicted octanol–water partition coefficient (Wildman–Crippen LogP) is 3.73. The molecule has 0 saturated carbocycles. The molecule has 0 radical (unpaired) electrons. The first-order valence-electron chi connectivity index (χ1n) is 7.41. The van der Waals surface area contributed by atoms with E-state index < -0.39 is 0 Å². The number of nitrogens with zero attached hydrogens (tertiary/aromatic N) is 1. The molecule has 1 saturated heterocycles. The molecule has 1 aliphatic rings. The lowest BCUT2D eigenvalue weighted by atomic mass is 10.1. The maximum absolute atomic E-state index is 5.82. The minimum Gasteiger partial charge on any atom is -0.376 e. The third-order valence-electron chi connectivity index (χ3n) is 4.07. The molecule has 0 amide bonds. The lowest BCUT2D eigenvalue weighted by molar-refractivity contribution is 0.0216. The summed E-state index contributed by atoms with van der Waals surface area (Å²) in [7, 11) is 4.12. The Kier molecular flexibility index (Phi) is 5.87. The van der Waals surface area contributed by atoms with E-state index in [4.69, 9.17) is 4.74 Å². The summed E-state index contributed by atoms with van der Waals surface area (Å²) < 4.78 is 6.97. The molecule has 20 heavy (non-hydrogen) atoms. The lowest BCUT2D eigenvalue weighted by Gasteiger charge is -2.29. The Bertz CT molecular complexity index is 432.